The first-order valence-electron chi connectivity index (χ1n) is 5.72. The van der Waals surface area contributed by atoms with Gasteiger partial charge in [0, 0.05) is 10.0 Å². The lowest BCUT2D eigenvalue weighted by Gasteiger charge is -2.08. The molecule has 2 aromatic carbocycles. The molecule has 0 aliphatic rings. The Morgan fingerprint density at radius 2 is 1.79 bits per heavy atom. The summed E-state index contributed by atoms with van der Waals surface area (Å²) in [5, 5.41) is 0. The van der Waals surface area contributed by atoms with Crippen molar-refractivity contribution < 1.29 is 13.9 Å². The first-order chi connectivity index (χ1) is 8.97. The van der Waals surface area contributed by atoms with Crippen LogP contribution in [0.3, 0.4) is 0 Å². The molecule has 0 aliphatic heterocycles. The molecule has 0 unspecified atom stereocenters. The van der Waals surface area contributed by atoms with Gasteiger partial charge in [-0.25, -0.2) is 4.39 Å². The molecule has 4 heteroatoms. The summed E-state index contributed by atoms with van der Waals surface area (Å²) in [5.74, 6) is 0.862. The smallest absolute Gasteiger partial charge is 0.160 e. The summed E-state index contributed by atoms with van der Waals surface area (Å²) in [6.07, 6.45) is 0. The fraction of sp³-hybridized carbons (Fsp3) is 0.133. The van der Waals surface area contributed by atoms with Crippen LogP contribution in [0.1, 0.15) is 22.8 Å². The standard InChI is InChI=1S/C15H12BrFO2/c1-9-7-11(4-6-15(9)17)19-12-3-5-13(10(2)18)14(16)8-12/h3-8H,1-2H3. The number of halogens is 2. The molecule has 0 heterocycles. The third-order valence-corrected chi connectivity index (χ3v) is 3.34. The highest BCUT2D eigenvalue weighted by molar-refractivity contribution is 9.10. The van der Waals surface area contributed by atoms with Crippen molar-refractivity contribution in [3.05, 3.63) is 57.8 Å². The van der Waals surface area contributed by atoms with Gasteiger partial charge >= 0.3 is 0 Å². The van der Waals surface area contributed by atoms with E-state index in [0.29, 0.717) is 27.1 Å². The van der Waals surface area contributed by atoms with Crippen molar-refractivity contribution in [2.75, 3.05) is 0 Å². The number of ketones is 1. The van der Waals surface area contributed by atoms with Crippen LogP contribution in [0.15, 0.2) is 40.9 Å². The van der Waals surface area contributed by atoms with Crippen molar-refractivity contribution in [1.82, 2.24) is 0 Å². The molecule has 0 saturated carbocycles. The monoisotopic (exact) mass is 322 g/mol. The van der Waals surface area contributed by atoms with E-state index in [1.54, 1.807) is 37.3 Å². The highest BCUT2D eigenvalue weighted by Crippen LogP contribution is 2.28. The predicted molar refractivity (Wildman–Crippen MR) is 75.4 cm³/mol. The van der Waals surface area contributed by atoms with Crippen LogP contribution in [0.4, 0.5) is 4.39 Å². The summed E-state index contributed by atoms with van der Waals surface area (Å²) in [6.45, 7) is 3.18. The van der Waals surface area contributed by atoms with Crippen LogP contribution >= 0.6 is 15.9 Å². The molecule has 0 N–H and O–H groups in total. The van der Waals surface area contributed by atoms with E-state index in [0.717, 1.165) is 0 Å². The summed E-state index contributed by atoms with van der Waals surface area (Å²) >= 11 is 3.33. The Morgan fingerprint density at radius 1 is 1.16 bits per heavy atom. The maximum atomic E-state index is 13.1. The first kappa shape index (κ1) is 13.7. The van der Waals surface area contributed by atoms with Crippen LogP contribution < -0.4 is 4.74 Å². The predicted octanol–water partition coefficient (Wildman–Crippen LogP) is 4.89. The zero-order chi connectivity index (χ0) is 14.0. The van der Waals surface area contributed by atoms with E-state index in [1.807, 2.05) is 0 Å². The molecule has 0 bridgehead atoms. The van der Waals surface area contributed by atoms with Gasteiger partial charge in [-0.2, -0.15) is 0 Å². The number of rotatable bonds is 3. The van der Waals surface area contributed by atoms with E-state index in [9.17, 15) is 9.18 Å². The van der Waals surface area contributed by atoms with E-state index in [4.69, 9.17) is 4.74 Å². The van der Waals surface area contributed by atoms with Crippen LogP contribution in [0, 0.1) is 12.7 Å². The van der Waals surface area contributed by atoms with Gasteiger partial charge in [0.15, 0.2) is 5.78 Å². The molecule has 0 spiro atoms. The van der Waals surface area contributed by atoms with Gasteiger partial charge in [0.1, 0.15) is 17.3 Å². The molecule has 0 aromatic heterocycles. The average molecular weight is 323 g/mol. The molecule has 0 aliphatic carbocycles. The lowest BCUT2D eigenvalue weighted by Crippen LogP contribution is -1.94. The normalized spacial score (nSPS) is 10.3. The minimum atomic E-state index is -0.263. The molecule has 0 fully saturated rings. The van der Waals surface area contributed by atoms with Gasteiger partial charge in [-0.15, -0.1) is 0 Å². The zero-order valence-electron chi connectivity index (χ0n) is 10.5. The van der Waals surface area contributed by atoms with Gasteiger partial charge in [-0.3, -0.25) is 4.79 Å². The second kappa shape index (κ2) is 5.53. The molecule has 98 valence electrons. The average Bonchev–Trinajstić information content (AvgIpc) is 2.33. The lowest BCUT2D eigenvalue weighted by atomic mass is 10.1. The van der Waals surface area contributed by atoms with Gasteiger partial charge in [0.05, 0.1) is 0 Å². The molecule has 2 rings (SSSR count). The van der Waals surface area contributed by atoms with E-state index in [2.05, 4.69) is 15.9 Å². The molecular formula is C15H12BrFO2. The van der Waals surface area contributed by atoms with Gasteiger partial charge in [-0.1, -0.05) is 0 Å². The van der Waals surface area contributed by atoms with Crippen LogP contribution in [0.2, 0.25) is 0 Å². The molecule has 2 aromatic rings. The highest BCUT2D eigenvalue weighted by Gasteiger charge is 2.07. The SMILES string of the molecule is CC(=O)c1ccc(Oc2ccc(F)c(C)c2)cc1Br. The summed E-state index contributed by atoms with van der Waals surface area (Å²) in [6, 6.07) is 9.68. The first-order valence-corrected chi connectivity index (χ1v) is 6.51. The van der Waals surface area contributed by atoms with Gasteiger partial charge in [-0.05, 0) is 71.7 Å². The van der Waals surface area contributed by atoms with Crippen molar-refractivity contribution in [3.63, 3.8) is 0 Å². The Hall–Kier alpha value is -1.68. The fourth-order valence-electron chi connectivity index (χ4n) is 1.66. The van der Waals surface area contributed by atoms with E-state index in [1.165, 1.54) is 13.0 Å². The Morgan fingerprint density at radius 3 is 2.37 bits per heavy atom. The lowest BCUT2D eigenvalue weighted by molar-refractivity contribution is 0.101. The van der Waals surface area contributed by atoms with E-state index < -0.39 is 0 Å². The molecular weight excluding hydrogens is 311 g/mol. The molecule has 2 nitrogen and oxygen atoms in total. The number of carbonyl (C=O) groups excluding carboxylic acids is 1. The van der Waals surface area contributed by atoms with Gasteiger partial charge in [0.25, 0.3) is 0 Å². The number of carbonyl (C=O) groups is 1. The van der Waals surface area contributed by atoms with Crippen LogP contribution in [-0.2, 0) is 0 Å². The highest BCUT2D eigenvalue weighted by atomic mass is 79.9. The third kappa shape index (κ3) is 3.20. The summed E-state index contributed by atoms with van der Waals surface area (Å²) in [4.78, 5) is 11.3. The zero-order valence-corrected chi connectivity index (χ0v) is 12.1. The Bertz CT molecular complexity index is 638. The number of Topliss-reactive ketones (excluding diaryl/α,β-unsaturated/α-hetero) is 1. The van der Waals surface area contributed by atoms with Crippen LogP contribution in [0.25, 0.3) is 0 Å². The van der Waals surface area contributed by atoms with Crippen molar-refractivity contribution in [3.8, 4) is 11.5 Å². The largest absolute Gasteiger partial charge is 0.457 e. The maximum Gasteiger partial charge on any atom is 0.160 e. The van der Waals surface area contributed by atoms with Crippen molar-refractivity contribution >= 4 is 21.7 Å². The summed E-state index contributed by atoms with van der Waals surface area (Å²) < 4.78 is 19.4. The van der Waals surface area contributed by atoms with E-state index in [-0.39, 0.29) is 11.6 Å². The number of hydrogen-bond acceptors (Lipinski definition) is 2. The molecule has 19 heavy (non-hydrogen) atoms. The number of ether oxygens (including phenoxy) is 1. The third-order valence-electron chi connectivity index (χ3n) is 2.68. The summed E-state index contributed by atoms with van der Waals surface area (Å²) in [5.41, 5.74) is 1.12. The second-order valence-electron chi connectivity index (χ2n) is 4.21. The fourth-order valence-corrected chi connectivity index (χ4v) is 2.30. The maximum absolute atomic E-state index is 13.1. The topological polar surface area (TPSA) is 26.3 Å². The second-order valence-corrected chi connectivity index (χ2v) is 5.07. The number of hydrogen-bond donors (Lipinski definition) is 0. The van der Waals surface area contributed by atoms with Crippen molar-refractivity contribution in [2.24, 2.45) is 0 Å². The Kier molecular flexibility index (Phi) is 4.00. The van der Waals surface area contributed by atoms with Crippen molar-refractivity contribution in [1.29, 1.82) is 0 Å². The van der Waals surface area contributed by atoms with Gasteiger partial charge < -0.3 is 4.74 Å². The molecule has 0 radical (unpaired) electrons. The molecule has 0 amide bonds. The minimum Gasteiger partial charge on any atom is -0.457 e. The number of aryl methyl sites for hydroxylation is 1. The summed E-state index contributed by atoms with van der Waals surface area (Å²) in [7, 11) is 0. The Balaban J connectivity index is 2.26. The molecule has 0 saturated heterocycles. The molecule has 0 atom stereocenters. The minimum absolute atomic E-state index is 0.0175. The Labute approximate surface area is 119 Å². The quantitative estimate of drug-likeness (QED) is 0.752. The van der Waals surface area contributed by atoms with Crippen LogP contribution in [-0.4, -0.2) is 5.78 Å². The van der Waals surface area contributed by atoms with E-state index >= 15 is 0 Å². The number of benzene rings is 2. The van der Waals surface area contributed by atoms with Crippen molar-refractivity contribution in [2.45, 2.75) is 13.8 Å². The van der Waals surface area contributed by atoms with Gasteiger partial charge in [0.2, 0.25) is 0 Å². The van der Waals surface area contributed by atoms with Crippen LogP contribution in [0.5, 0.6) is 11.5 Å².